The minimum Gasteiger partial charge on any atom is -0.452 e. The number of esters is 1. The average molecular weight is 416 g/mol. The molecule has 0 fully saturated rings. The van der Waals surface area contributed by atoms with E-state index in [-0.39, 0.29) is 5.91 Å². The van der Waals surface area contributed by atoms with E-state index >= 15 is 0 Å². The molecular weight excluding hydrogens is 392 g/mol. The van der Waals surface area contributed by atoms with Crippen LogP contribution in [0.2, 0.25) is 0 Å². The van der Waals surface area contributed by atoms with Crippen LogP contribution in [0, 0.1) is 6.92 Å². The maximum atomic E-state index is 12.6. The van der Waals surface area contributed by atoms with Crippen molar-refractivity contribution in [2.45, 2.75) is 13.3 Å². The van der Waals surface area contributed by atoms with Crippen LogP contribution in [-0.4, -0.2) is 30.9 Å². The molecule has 2 N–H and O–H groups in total. The van der Waals surface area contributed by atoms with Crippen molar-refractivity contribution in [1.29, 1.82) is 0 Å². The van der Waals surface area contributed by atoms with Crippen molar-refractivity contribution < 1.29 is 19.1 Å². The minimum absolute atomic E-state index is 0.288. The topological polar surface area (TPSA) is 84.5 Å². The summed E-state index contributed by atoms with van der Waals surface area (Å²) in [6, 6.07) is 23.4. The largest absolute Gasteiger partial charge is 0.452 e. The number of nitrogens with one attached hydrogen (secondary N) is 2. The quantitative estimate of drug-likeness (QED) is 0.548. The van der Waals surface area contributed by atoms with Gasteiger partial charge in [-0.15, -0.1) is 0 Å². The van der Waals surface area contributed by atoms with Crippen molar-refractivity contribution in [3.63, 3.8) is 0 Å². The number of rotatable bonds is 8. The first kappa shape index (κ1) is 21.8. The van der Waals surface area contributed by atoms with E-state index in [1.165, 1.54) is 0 Å². The molecule has 0 heterocycles. The zero-order valence-electron chi connectivity index (χ0n) is 17.3. The molecule has 3 aromatic carbocycles. The van der Waals surface area contributed by atoms with Crippen LogP contribution in [0.15, 0.2) is 78.9 Å². The summed E-state index contributed by atoms with van der Waals surface area (Å²) in [4.78, 5) is 36.9. The van der Waals surface area contributed by atoms with Gasteiger partial charge in [0, 0.05) is 6.54 Å². The second-order valence-electron chi connectivity index (χ2n) is 7.03. The molecule has 2 amide bonds. The lowest BCUT2D eigenvalue weighted by molar-refractivity contribution is -0.119. The Morgan fingerprint density at radius 1 is 0.839 bits per heavy atom. The maximum absolute atomic E-state index is 12.6. The van der Waals surface area contributed by atoms with Gasteiger partial charge in [0.05, 0.1) is 16.8 Å². The summed E-state index contributed by atoms with van der Waals surface area (Å²) in [5, 5.41) is 5.50. The third-order valence-corrected chi connectivity index (χ3v) is 4.61. The van der Waals surface area contributed by atoms with Crippen molar-refractivity contribution >= 4 is 23.5 Å². The number of benzene rings is 3. The fourth-order valence-electron chi connectivity index (χ4n) is 2.94. The normalized spacial score (nSPS) is 10.2. The first-order valence-corrected chi connectivity index (χ1v) is 9.98. The lowest BCUT2D eigenvalue weighted by atomic mass is 10.1. The Labute approximate surface area is 181 Å². The molecule has 0 aromatic heterocycles. The second kappa shape index (κ2) is 10.7. The predicted octanol–water partition coefficient (Wildman–Crippen LogP) is 3.76. The number of anilines is 1. The molecule has 0 radical (unpaired) electrons. The number of carbonyl (C=O) groups is 3. The Bertz CT molecular complexity index is 1050. The van der Waals surface area contributed by atoms with Crippen molar-refractivity contribution in [1.82, 2.24) is 5.32 Å². The first-order chi connectivity index (χ1) is 15.0. The van der Waals surface area contributed by atoms with Gasteiger partial charge in [0.2, 0.25) is 0 Å². The number of hydrogen-bond donors (Lipinski definition) is 2. The lowest BCUT2D eigenvalue weighted by Gasteiger charge is -2.12. The van der Waals surface area contributed by atoms with E-state index in [1.807, 2.05) is 37.3 Å². The summed E-state index contributed by atoms with van der Waals surface area (Å²) < 4.78 is 5.06. The SMILES string of the molecule is Cc1ccc(C(=O)OCC(=O)Nc2ccccc2C(=O)NCCc2ccccc2)cc1. The molecule has 31 heavy (non-hydrogen) atoms. The van der Waals surface area contributed by atoms with Crippen molar-refractivity contribution in [2.24, 2.45) is 0 Å². The summed E-state index contributed by atoms with van der Waals surface area (Å²) in [6.45, 7) is 1.94. The molecular formula is C25H24N2O4. The first-order valence-electron chi connectivity index (χ1n) is 9.98. The molecule has 6 heteroatoms. The van der Waals surface area contributed by atoms with E-state index in [1.54, 1.807) is 48.5 Å². The van der Waals surface area contributed by atoms with Crippen molar-refractivity contribution in [2.75, 3.05) is 18.5 Å². The van der Waals surface area contributed by atoms with E-state index in [2.05, 4.69) is 10.6 Å². The highest BCUT2D eigenvalue weighted by atomic mass is 16.5. The van der Waals surface area contributed by atoms with Gasteiger partial charge in [0.25, 0.3) is 11.8 Å². The number of carbonyl (C=O) groups excluding carboxylic acids is 3. The average Bonchev–Trinajstić information content (AvgIpc) is 2.79. The molecule has 0 bridgehead atoms. The number of amides is 2. The van der Waals surface area contributed by atoms with Crippen LogP contribution in [0.1, 0.15) is 31.8 Å². The molecule has 0 saturated heterocycles. The third kappa shape index (κ3) is 6.54. The Hall–Kier alpha value is -3.93. The van der Waals surface area contributed by atoms with Crippen LogP contribution in [0.25, 0.3) is 0 Å². The molecule has 3 aromatic rings. The molecule has 0 spiro atoms. The smallest absolute Gasteiger partial charge is 0.338 e. The van der Waals surface area contributed by atoms with E-state index in [0.29, 0.717) is 29.8 Å². The van der Waals surface area contributed by atoms with Gasteiger partial charge in [-0.3, -0.25) is 9.59 Å². The summed E-state index contributed by atoms with van der Waals surface area (Å²) in [7, 11) is 0. The van der Waals surface area contributed by atoms with Gasteiger partial charge in [-0.2, -0.15) is 0 Å². The fourth-order valence-corrected chi connectivity index (χ4v) is 2.94. The van der Waals surface area contributed by atoms with Crippen LogP contribution in [-0.2, 0) is 16.0 Å². The molecule has 0 saturated carbocycles. The second-order valence-corrected chi connectivity index (χ2v) is 7.03. The van der Waals surface area contributed by atoms with Gasteiger partial charge in [0.1, 0.15) is 0 Å². The molecule has 0 atom stereocenters. The van der Waals surface area contributed by atoms with Gasteiger partial charge in [0.15, 0.2) is 6.61 Å². The lowest BCUT2D eigenvalue weighted by Crippen LogP contribution is -2.28. The highest BCUT2D eigenvalue weighted by molar-refractivity contribution is 6.04. The summed E-state index contributed by atoms with van der Waals surface area (Å²) in [6.07, 6.45) is 0.704. The third-order valence-electron chi connectivity index (χ3n) is 4.61. The Balaban J connectivity index is 1.53. The van der Waals surface area contributed by atoms with Gasteiger partial charge in [-0.05, 0) is 43.2 Å². The molecule has 6 nitrogen and oxygen atoms in total. The maximum Gasteiger partial charge on any atom is 0.338 e. The van der Waals surface area contributed by atoms with Crippen LogP contribution in [0.3, 0.4) is 0 Å². The minimum atomic E-state index is -0.581. The molecule has 3 rings (SSSR count). The predicted molar refractivity (Wildman–Crippen MR) is 119 cm³/mol. The standard InChI is InChI=1S/C25H24N2O4/c1-18-11-13-20(14-12-18)25(30)31-17-23(28)27-22-10-6-5-9-21(22)24(29)26-16-15-19-7-3-2-4-8-19/h2-14H,15-17H2,1H3,(H,26,29)(H,27,28). The highest BCUT2D eigenvalue weighted by Gasteiger charge is 2.14. The van der Waals surface area contributed by atoms with Gasteiger partial charge in [-0.1, -0.05) is 60.2 Å². The molecule has 0 aliphatic carbocycles. The fraction of sp³-hybridized carbons (Fsp3) is 0.160. The van der Waals surface area contributed by atoms with Crippen LogP contribution in [0.4, 0.5) is 5.69 Å². The van der Waals surface area contributed by atoms with E-state index in [0.717, 1.165) is 11.1 Å². The Morgan fingerprint density at radius 3 is 2.26 bits per heavy atom. The number of hydrogen-bond acceptors (Lipinski definition) is 4. The van der Waals surface area contributed by atoms with Crippen LogP contribution < -0.4 is 10.6 Å². The van der Waals surface area contributed by atoms with Gasteiger partial charge >= 0.3 is 5.97 Å². The summed E-state index contributed by atoms with van der Waals surface area (Å²) in [5.74, 6) is -1.39. The zero-order chi connectivity index (χ0) is 22.1. The molecule has 0 aliphatic heterocycles. The number of ether oxygens (including phenoxy) is 1. The Morgan fingerprint density at radius 2 is 1.52 bits per heavy atom. The highest BCUT2D eigenvalue weighted by Crippen LogP contribution is 2.15. The van der Waals surface area contributed by atoms with E-state index in [9.17, 15) is 14.4 Å². The molecule has 0 aliphatic rings. The van der Waals surface area contributed by atoms with Crippen molar-refractivity contribution in [3.05, 3.63) is 101 Å². The Kier molecular flexibility index (Phi) is 7.54. The monoisotopic (exact) mass is 416 g/mol. The van der Waals surface area contributed by atoms with Crippen molar-refractivity contribution in [3.8, 4) is 0 Å². The molecule has 158 valence electrons. The van der Waals surface area contributed by atoms with Crippen LogP contribution >= 0.6 is 0 Å². The van der Waals surface area contributed by atoms with Crippen LogP contribution in [0.5, 0.6) is 0 Å². The zero-order valence-corrected chi connectivity index (χ0v) is 17.3. The summed E-state index contributed by atoms with van der Waals surface area (Å²) >= 11 is 0. The number of para-hydroxylation sites is 1. The summed E-state index contributed by atoms with van der Waals surface area (Å²) in [5.41, 5.74) is 3.22. The van der Waals surface area contributed by atoms with E-state index in [4.69, 9.17) is 4.74 Å². The number of aryl methyl sites for hydroxylation is 1. The van der Waals surface area contributed by atoms with E-state index < -0.39 is 18.5 Å². The molecule has 0 unspecified atom stereocenters. The van der Waals surface area contributed by atoms with Gasteiger partial charge < -0.3 is 15.4 Å². The van der Waals surface area contributed by atoms with Gasteiger partial charge in [-0.25, -0.2) is 4.79 Å².